The van der Waals surface area contributed by atoms with Crippen LogP contribution in [0.3, 0.4) is 0 Å². The number of rotatable bonds is 13. The molecule has 0 radical (unpaired) electrons. The van der Waals surface area contributed by atoms with Crippen LogP contribution in [0.1, 0.15) is 24.5 Å². The number of halogens is 2. The summed E-state index contributed by atoms with van der Waals surface area (Å²) in [4.78, 5) is 28.8. The molecule has 8 nitrogen and oxygen atoms in total. The maximum Gasteiger partial charge on any atom is 0.304 e. The molecule has 2 amide bonds. The van der Waals surface area contributed by atoms with Crippen molar-refractivity contribution in [2.45, 2.75) is 32.4 Å². The molecule has 0 saturated carbocycles. The minimum absolute atomic E-state index is 0.0740. The molecule has 0 fully saturated rings. The van der Waals surface area contributed by atoms with Gasteiger partial charge in [0, 0.05) is 33.6 Å². The van der Waals surface area contributed by atoms with Crippen molar-refractivity contribution in [3.8, 4) is 0 Å². The lowest BCUT2D eigenvalue weighted by molar-refractivity contribution is -0.140. The molecule has 3 rings (SSSR count). The van der Waals surface area contributed by atoms with Crippen LogP contribution in [0.4, 0.5) is 14.5 Å². The van der Waals surface area contributed by atoms with E-state index in [9.17, 15) is 26.8 Å². The summed E-state index contributed by atoms with van der Waals surface area (Å²) in [5.74, 6) is -2.08. The van der Waals surface area contributed by atoms with E-state index in [0.717, 1.165) is 26.3 Å². The first-order valence-corrected chi connectivity index (χ1v) is 14.2. The Balaban J connectivity index is 2.06. The van der Waals surface area contributed by atoms with Crippen molar-refractivity contribution in [2.75, 3.05) is 31.5 Å². The maximum absolute atomic E-state index is 14.0. The Kier molecular flexibility index (Phi) is 10.7. The summed E-state index contributed by atoms with van der Waals surface area (Å²) in [6.45, 7) is 1.56. The summed E-state index contributed by atoms with van der Waals surface area (Å²) in [5.41, 5.74) is 1.44. The van der Waals surface area contributed by atoms with Gasteiger partial charge in [0.1, 0.15) is 24.2 Å². The van der Waals surface area contributed by atoms with Gasteiger partial charge < -0.3 is 10.2 Å². The SMILES string of the molecule is CCCNC(=O)[C@H](Cc1ccccc1)N(Cc1ccc(F)cc1)C(=O)CN(c1ccc(F)cc1)S(=O)(=O)N(C)C. The lowest BCUT2D eigenvalue weighted by atomic mass is 10.0. The smallest absolute Gasteiger partial charge is 0.304 e. The quantitative estimate of drug-likeness (QED) is 0.338. The maximum atomic E-state index is 14.0. The van der Waals surface area contributed by atoms with Crippen LogP contribution in [0.15, 0.2) is 78.9 Å². The van der Waals surface area contributed by atoms with Gasteiger partial charge in [-0.2, -0.15) is 12.7 Å². The molecule has 214 valence electrons. The molecule has 0 saturated heterocycles. The van der Waals surface area contributed by atoms with Gasteiger partial charge in [-0.3, -0.25) is 9.59 Å². The van der Waals surface area contributed by atoms with Gasteiger partial charge in [-0.15, -0.1) is 0 Å². The molecule has 0 aliphatic rings. The van der Waals surface area contributed by atoms with Crippen molar-refractivity contribution in [3.63, 3.8) is 0 Å². The topological polar surface area (TPSA) is 90.0 Å². The van der Waals surface area contributed by atoms with E-state index in [4.69, 9.17) is 0 Å². The molecule has 0 unspecified atom stereocenters. The first-order valence-electron chi connectivity index (χ1n) is 12.8. The fourth-order valence-electron chi connectivity index (χ4n) is 4.03. The Morgan fingerprint density at radius 1 is 0.850 bits per heavy atom. The van der Waals surface area contributed by atoms with Crippen LogP contribution in [0.5, 0.6) is 0 Å². The van der Waals surface area contributed by atoms with E-state index in [1.165, 1.54) is 55.4 Å². The summed E-state index contributed by atoms with van der Waals surface area (Å²) in [6, 6.07) is 18.4. The van der Waals surface area contributed by atoms with E-state index in [1.807, 2.05) is 37.3 Å². The van der Waals surface area contributed by atoms with Crippen molar-refractivity contribution >= 4 is 27.7 Å². The normalized spacial score (nSPS) is 12.2. The zero-order chi connectivity index (χ0) is 29.3. The number of amides is 2. The van der Waals surface area contributed by atoms with Crippen molar-refractivity contribution in [3.05, 3.63) is 102 Å². The van der Waals surface area contributed by atoms with Gasteiger partial charge in [-0.25, -0.2) is 13.1 Å². The molecule has 1 atom stereocenters. The predicted octanol–water partition coefficient (Wildman–Crippen LogP) is 3.74. The summed E-state index contributed by atoms with van der Waals surface area (Å²) in [7, 11) is -1.54. The van der Waals surface area contributed by atoms with E-state index in [-0.39, 0.29) is 18.7 Å². The summed E-state index contributed by atoms with van der Waals surface area (Å²) >= 11 is 0. The molecular formula is C29H34F2N4O4S. The first kappa shape index (κ1) is 30.7. The molecule has 11 heteroatoms. The molecule has 0 spiro atoms. The lowest BCUT2D eigenvalue weighted by Crippen LogP contribution is -2.54. The summed E-state index contributed by atoms with van der Waals surface area (Å²) < 4.78 is 55.7. The Morgan fingerprint density at radius 3 is 1.98 bits per heavy atom. The van der Waals surface area contributed by atoms with E-state index in [2.05, 4.69) is 5.32 Å². The molecule has 1 N–H and O–H groups in total. The average molecular weight is 573 g/mol. The third-order valence-corrected chi connectivity index (χ3v) is 8.04. The molecular weight excluding hydrogens is 538 g/mol. The second-order valence-corrected chi connectivity index (χ2v) is 11.5. The fraction of sp³-hybridized carbons (Fsp3) is 0.310. The highest BCUT2D eigenvalue weighted by Crippen LogP contribution is 2.22. The van der Waals surface area contributed by atoms with Crippen molar-refractivity contribution in [2.24, 2.45) is 0 Å². The lowest BCUT2D eigenvalue weighted by Gasteiger charge is -2.34. The number of benzene rings is 3. The number of hydrogen-bond donors (Lipinski definition) is 1. The monoisotopic (exact) mass is 572 g/mol. The van der Waals surface area contributed by atoms with Gasteiger partial charge in [0.2, 0.25) is 11.8 Å². The molecule has 0 aromatic heterocycles. The van der Waals surface area contributed by atoms with E-state index >= 15 is 0 Å². The number of anilines is 1. The summed E-state index contributed by atoms with van der Waals surface area (Å²) in [5, 5.41) is 2.85. The van der Waals surface area contributed by atoms with Crippen LogP contribution < -0.4 is 9.62 Å². The van der Waals surface area contributed by atoms with Crippen molar-refractivity contribution < 1.29 is 26.8 Å². The molecule has 0 bridgehead atoms. The third-order valence-electron chi connectivity index (χ3n) is 6.22. The fourth-order valence-corrected chi connectivity index (χ4v) is 5.09. The van der Waals surface area contributed by atoms with Crippen LogP contribution in [0.25, 0.3) is 0 Å². The van der Waals surface area contributed by atoms with Gasteiger partial charge in [-0.1, -0.05) is 49.4 Å². The third kappa shape index (κ3) is 8.09. The second-order valence-electron chi connectivity index (χ2n) is 9.42. The highest BCUT2D eigenvalue weighted by Gasteiger charge is 2.34. The molecule has 3 aromatic carbocycles. The average Bonchev–Trinajstić information content (AvgIpc) is 2.94. The zero-order valence-corrected chi connectivity index (χ0v) is 23.6. The number of carbonyl (C=O) groups is 2. The second kappa shape index (κ2) is 14.0. The minimum atomic E-state index is -4.18. The van der Waals surface area contributed by atoms with Crippen LogP contribution in [0.2, 0.25) is 0 Å². The number of nitrogens with one attached hydrogen (secondary N) is 1. The standard InChI is InChI=1S/C29H34F2N4O4S/c1-4-18-32-29(37)27(19-22-8-6-5-7-9-22)34(20-23-10-12-24(30)13-11-23)28(36)21-35(40(38,39)33(2)3)26-16-14-25(31)15-17-26/h5-17,27H,4,18-21H2,1-3H3,(H,32,37)/t27-/m0/s1. The molecule has 3 aromatic rings. The molecule has 0 heterocycles. The van der Waals surface area contributed by atoms with Crippen molar-refractivity contribution in [1.29, 1.82) is 0 Å². The molecule has 40 heavy (non-hydrogen) atoms. The molecule has 0 aliphatic carbocycles. The van der Waals surface area contributed by atoms with Gasteiger partial charge in [0.25, 0.3) is 0 Å². The number of nitrogens with zero attached hydrogens (tertiary/aromatic N) is 3. The van der Waals surface area contributed by atoms with Crippen LogP contribution in [-0.2, 0) is 32.8 Å². The number of hydrogen-bond acceptors (Lipinski definition) is 4. The van der Waals surface area contributed by atoms with E-state index in [1.54, 1.807) is 0 Å². The van der Waals surface area contributed by atoms with Crippen LogP contribution in [0, 0.1) is 11.6 Å². The van der Waals surface area contributed by atoms with Gasteiger partial charge in [-0.05, 0) is 53.9 Å². The van der Waals surface area contributed by atoms with Crippen molar-refractivity contribution in [1.82, 2.24) is 14.5 Å². The van der Waals surface area contributed by atoms with Crippen LogP contribution in [-0.4, -0.2) is 62.7 Å². The minimum Gasteiger partial charge on any atom is -0.354 e. The Morgan fingerprint density at radius 2 is 1.43 bits per heavy atom. The van der Waals surface area contributed by atoms with E-state index < -0.39 is 46.2 Å². The summed E-state index contributed by atoms with van der Waals surface area (Å²) in [6.07, 6.45) is 0.843. The Hall–Kier alpha value is -3.83. The van der Waals surface area contributed by atoms with Crippen LogP contribution >= 0.6 is 0 Å². The Labute approximate surface area is 234 Å². The molecule has 0 aliphatic heterocycles. The predicted molar refractivity (Wildman–Crippen MR) is 151 cm³/mol. The van der Waals surface area contributed by atoms with Gasteiger partial charge in [0.15, 0.2) is 0 Å². The van der Waals surface area contributed by atoms with Gasteiger partial charge >= 0.3 is 10.2 Å². The highest BCUT2D eigenvalue weighted by molar-refractivity contribution is 7.90. The van der Waals surface area contributed by atoms with Gasteiger partial charge in [0.05, 0.1) is 5.69 Å². The Bertz CT molecular complexity index is 1370. The van der Waals surface area contributed by atoms with E-state index in [0.29, 0.717) is 18.5 Å². The first-order chi connectivity index (χ1) is 19.0. The highest BCUT2D eigenvalue weighted by atomic mass is 32.2. The zero-order valence-electron chi connectivity index (χ0n) is 22.8. The number of carbonyl (C=O) groups excluding carboxylic acids is 2. The largest absolute Gasteiger partial charge is 0.354 e.